The lowest BCUT2D eigenvalue weighted by Crippen LogP contribution is -2.56. The molecular formula is C17H13Cl3N4O2S. The number of alkyl halides is 3. The standard InChI is InChI=1S/C17H13Cl3N4O2S/c18-17(19,20)15(23-14(25)12-7-3-9-26-12)24-16(27)22-11-6-1-4-10-5-2-8-21-13(10)11/h1-9,15H,(H,23,25)(H2,22,24,27). The number of furan rings is 1. The number of hydrogen-bond acceptors (Lipinski definition) is 4. The Balaban J connectivity index is 1.73. The molecule has 0 saturated carbocycles. The second kappa shape index (κ2) is 8.31. The van der Waals surface area contributed by atoms with E-state index < -0.39 is 15.9 Å². The molecule has 1 amide bonds. The van der Waals surface area contributed by atoms with Gasteiger partial charge in [0.05, 0.1) is 17.5 Å². The molecule has 27 heavy (non-hydrogen) atoms. The van der Waals surface area contributed by atoms with Gasteiger partial charge in [-0.15, -0.1) is 0 Å². The van der Waals surface area contributed by atoms with Crippen molar-refractivity contribution in [3.63, 3.8) is 0 Å². The van der Waals surface area contributed by atoms with Crippen LogP contribution in [0, 0.1) is 0 Å². The molecule has 1 aromatic carbocycles. The number of thiocarbonyl (C=S) groups is 1. The zero-order valence-electron chi connectivity index (χ0n) is 13.6. The summed E-state index contributed by atoms with van der Waals surface area (Å²) in [5.74, 6) is -0.480. The van der Waals surface area contributed by atoms with Gasteiger partial charge in [0.1, 0.15) is 6.17 Å². The second-order valence-electron chi connectivity index (χ2n) is 5.40. The predicted octanol–water partition coefficient (Wildman–Crippen LogP) is 4.24. The van der Waals surface area contributed by atoms with Crippen LogP contribution in [0.15, 0.2) is 59.3 Å². The average molecular weight is 444 g/mol. The van der Waals surface area contributed by atoms with E-state index in [2.05, 4.69) is 20.9 Å². The number of amides is 1. The van der Waals surface area contributed by atoms with Gasteiger partial charge in [0.2, 0.25) is 3.79 Å². The number of aromatic nitrogens is 1. The van der Waals surface area contributed by atoms with Crippen LogP contribution in [0.25, 0.3) is 10.9 Å². The Morgan fingerprint density at radius 3 is 2.59 bits per heavy atom. The summed E-state index contributed by atoms with van der Waals surface area (Å²) in [6.45, 7) is 0. The second-order valence-corrected chi connectivity index (χ2v) is 8.18. The molecule has 0 radical (unpaired) electrons. The van der Waals surface area contributed by atoms with E-state index in [1.807, 2.05) is 30.3 Å². The minimum Gasteiger partial charge on any atom is -0.459 e. The topological polar surface area (TPSA) is 79.2 Å². The van der Waals surface area contributed by atoms with Crippen LogP contribution in [-0.2, 0) is 0 Å². The quantitative estimate of drug-likeness (QED) is 0.318. The molecule has 140 valence electrons. The predicted molar refractivity (Wildman–Crippen MR) is 111 cm³/mol. The first-order valence-electron chi connectivity index (χ1n) is 7.67. The highest BCUT2D eigenvalue weighted by atomic mass is 35.6. The van der Waals surface area contributed by atoms with E-state index in [4.69, 9.17) is 51.4 Å². The van der Waals surface area contributed by atoms with Gasteiger partial charge in [-0.25, -0.2) is 0 Å². The van der Waals surface area contributed by atoms with Crippen molar-refractivity contribution in [3.05, 3.63) is 60.7 Å². The molecule has 0 fully saturated rings. The first-order valence-corrected chi connectivity index (χ1v) is 9.21. The van der Waals surface area contributed by atoms with Crippen molar-refractivity contribution in [2.45, 2.75) is 9.96 Å². The Labute approximate surface area is 175 Å². The lowest BCUT2D eigenvalue weighted by atomic mass is 10.2. The molecule has 2 heterocycles. The SMILES string of the molecule is O=C(NC(NC(=S)Nc1cccc2cccnc12)C(Cl)(Cl)Cl)c1ccco1. The zero-order valence-corrected chi connectivity index (χ0v) is 16.7. The number of halogens is 3. The number of carbonyl (C=O) groups excluding carboxylic acids is 1. The van der Waals surface area contributed by atoms with Gasteiger partial charge in [-0.2, -0.15) is 0 Å². The number of anilines is 1. The first kappa shape index (κ1) is 19.7. The molecule has 10 heteroatoms. The van der Waals surface area contributed by atoms with Crippen molar-refractivity contribution < 1.29 is 9.21 Å². The average Bonchev–Trinajstić information content (AvgIpc) is 3.15. The maximum Gasteiger partial charge on any atom is 0.288 e. The summed E-state index contributed by atoms with van der Waals surface area (Å²) in [4.78, 5) is 16.5. The number of hydrogen-bond donors (Lipinski definition) is 3. The molecule has 3 N–H and O–H groups in total. The molecule has 6 nitrogen and oxygen atoms in total. The summed E-state index contributed by atoms with van der Waals surface area (Å²) in [6, 6.07) is 12.4. The lowest BCUT2D eigenvalue weighted by Gasteiger charge is -2.27. The van der Waals surface area contributed by atoms with E-state index in [0.717, 1.165) is 10.9 Å². The van der Waals surface area contributed by atoms with Crippen molar-refractivity contribution >= 4 is 74.6 Å². The third-order valence-corrected chi connectivity index (χ3v) is 4.38. The van der Waals surface area contributed by atoms with E-state index >= 15 is 0 Å². The van der Waals surface area contributed by atoms with Gasteiger partial charge in [-0.1, -0.05) is 53.0 Å². The van der Waals surface area contributed by atoms with Gasteiger partial charge < -0.3 is 20.4 Å². The fraction of sp³-hybridized carbons (Fsp3) is 0.118. The number of nitrogens with one attached hydrogen (secondary N) is 3. The van der Waals surface area contributed by atoms with Crippen LogP contribution in [0.3, 0.4) is 0 Å². The summed E-state index contributed by atoms with van der Waals surface area (Å²) in [5, 5.41) is 9.40. The van der Waals surface area contributed by atoms with Crippen LogP contribution in [0.5, 0.6) is 0 Å². The third-order valence-electron chi connectivity index (χ3n) is 3.50. The largest absolute Gasteiger partial charge is 0.459 e. The Kier molecular flexibility index (Phi) is 6.06. The van der Waals surface area contributed by atoms with Crippen molar-refractivity contribution in [2.24, 2.45) is 0 Å². The maximum absolute atomic E-state index is 12.2. The van der Waals surface area contributed by atoms with Gasteiger partial charge >= 0.3 is 0 Å². The number of benzene rings is 1. The molecule has 3 aromatic rings. The van der Waals surface area contributed by atoms with Gasteiger partial charge in [-0.05, 0) is 36.5 Å². The number of nitrogens with zero attached hydrogens (tertiary/aromatic N) is 1. The van der Waals surface area contributed by atoms with Crippen molar-refractivity contribution in [3.8, 4) is 0 Å². The van der Waals surface area contributed by atoms with Crippen LogP contribution in [0.2, 0.25) is 0 Å². The number of para-hydroxylation sites is 1. The Morgan fingerprint density at radius 2 is 1.89 bits per heavy atom. The smallest absolute Gasteiger partial charge is 0.288 e. The van der Waals surface area contributed by atoms with E-state index in [1.54, 1.807) is 12.3 Å². The fourth-order valence-electron chi connectivity index (χ4n) is 2.30. The normalized spacial score (nSPS) is 12.4. The van der Waals surface area contributed by atoms with Crippen molar-refractivity contribution in [2.75, 3.05) is 5.32 Å². The van der Waals surface area contributed by atoms with Crippen LogP contribution in [-0.4, -0.2) is 26.0 Å². The highest BCUT2D eigenvalue weighted by molar-refractivity contribution is 7.80. The van der Waals surface area contributed by atoms with Crippen LogP contribution in [0.1, 0.15) is 10.6 Å². The molecule has 1 unspecified atom stereocenters. The van der Waals surface area contributed by atoms with Gasteiger partial charge in [0.25, 0.3) is 5.91 Å². The Morgan fingerprint density at radius 1 is 1.11 bits per heavy atom. The summed E-state index contributed by atoms with van der Waals surface area (Å²) in [5.41, 5.74) is 1.40. The van der Waals surface area contributed by atoms with Gasteiger partial charge in [0, 0.05) is 11.6 Å². The molecule has 0 saturated heterocycles. The molecule has 0 spiro atoms. The zero-order chi connectivity index (χ0) is 19.4. The minimum atomic E-state index is -1.87. The summed E-state index contributed by atoms with van der Waals surface area (Å²) in [6.07, 6.45) is 1.94. The Hall–Kier alpha value is -2.06. The van der Waals surface area contributed by atoms with E-state index in [9.17, 15) is 4.79 Å². The number of pyridine rings is 1. The lowest BCUT2D eigenvalue weighted by molar-refractivity contribution is 0.0906. The molecular weight excluding hydrogens is 431 g/mol. The third kappa shape index (κ3) is 5.01. The molecule has 0 bridgehead atoms. The number of rotatable bonds is 4. The Bertz CT molecular complexity index is 955. The fourth-order valence-corrected chi connectivity index (χ4v) is 2.86. The minimum absolute atomic E-state index is 0.0770. The van der Waals surface area contributed by atoms with E-state index in [0.29, 0.717) is 5.69 Å². The molecule has 3 rings (SSSR count). The van der Waals surface area contributed by atoms with Crippen LogP contribution >= 0.6 is 47.0 Å². The van der Waals surface area contributed by atoms with Crippen LogP contribution < -0.4 is 16.0 Å². The highest BCUT2D eigenvalue weighted by Gasteiger charge is 2.35. The molecule has 2 aromatic heterocycles. The molecule has 0 aliphatic carbocycles. The monoisotopic (exact) mass is 442 g/mol. The molecule has 0 aliphatic rings. The molecule has 1 atom stereocenters. The maximum atomic E-state index is 12.2. The highest BCUT2D eigenvalue weighted by Crippen LogP contribution is 2.29. The van der Waals surface area contributed by atoms with Gasteiger partial charge in [-0.3, -0.25) is 9.78 Å². The number of fused-ring (bicyclic) bond motifs is 1. The summed E-state index contributed by atoms with van der Waals surface area (Å²) >= 11 is 23.2. The first-order chi connectivity index (χ1) is 12.8. The van der Waals surface area contributed by atoms with Crippen molar-refractivity contribution in [1.82, 2.24) is 15.6 Å². The van der Waals surface area contributed by atoms with Crippen molar-refractivity contribution in [1.29, 1.82) is 0 Å². The number of carbonyl (C=O) groups is 1. The molecule has 0 aliphatic heterocycles. The van der Waals surface area contributed by atoms with E-state index in [1.165, 1.54) is 12.3 Å². The summed E-state index contributed by atoms with van der Waals surface area (Å²) in [7, 11) is 0. The van der Waals surface area contributed by atoms with Gasteiger partial charge in [0.15, 0.2) is 10.9 Å². The van der Waals surface area contributed by atoms with Crippen LogP contribution in [0.4, 0.5) is 5.69 Å². The van der Waals surface area contributed by atoms with E-state index in [-0.39, 0.29) is 10.9 Å². The summed E-state index contributed by atoms with van der Waals surface area (Å²) < 4.78 is 3.16.